The number of nitrogens with zero attached hydrogens (tertiary/aromatic N) is 2. The SMILES string of the molecule is Cc1nc(C(=O)N2CCCC[C@H]2Cc2ccc(-c3ccc(F)cc3)o2)c(-c2ccc(F)cc2)s1. The normalized spacial score (nSPS) is 16.1. The number of likely N-dealkylation sites (tertiary alicyclic amines) is 1. The van der Waals surface area contributed by atoms with Gasteiger partial charge in [-0.15, -0.1) is 11.3 Å². The second-order valence-electron chi connectivity index (χ2n) is 8.54. The minimum Gasteiger partial charge on any atom is -0.461 e. The molecule has 1 atom stereocenters. The molecule has 1 aliphatic rings. The van der Waals surface area contributed by atoms with Crippen LogP contribution in [0.4, 0.5) is 8.78 Å². The maximum Gasteiger partial charge on any atom is 0.274 e. The highest BCUT2D eigenvalue weighted by molar-refractivity contribution is 7.15. The first kappa shape index (κ1) is 22.5. The average molecular weight is 479 g/mol. The van der Waals surface area contributed by atoms with Crippen LogP contribution in [0.2, 0.25) is 0 Å². The summed E-state index contributed by atoms with van der Waals surface area (Å²) < 4.78 is 32.7. The summed E-state index contributed by atoms with van der Waals surface area (Å²) in [4.78, 5) is 20.9. The lowest BCUT2D eigenvalue weighted by Gasteiger charge is -2.35. The summed E-state index contributed by atoms with van der Waals surface area (Å²) in [5.74, 6) is 0.768. The average Bonchev–Trinajstić information content (AvgIpc) is 3.47. The molecule has 0 bridgehead atoms. The highest BCUT2D eigenvalue weighted by Crippen LogP contribution is 2.33. The zero-order valence-corrected chi connectivity index (χ0v) is 19.6. The van der Waals surface area contributed by atoms with E-state index in [-0.39, 0.29) is 23.6 Å². The number of carbonyl (C=O) groups is 1. The minimum atomic E-state index is -0.313. The molecule has 0 aliphatic carbocycles. The molecule has 7 heteroatoms. The standard InChI is InChI=1S/C27H24F2N2O2S/c1-17-30-25(26(34-17)19-7-11-21(29)12-8-19)27(32)31-15-3-2-4-22(31)16-23-13-14-24(33-23)18-5-9-20(28)10-6-18/h5-14,22H,2-4,15-16H2,1H3/t22-/m0/s1. The van der Waals surface area contributed by atoms with E-state index in [1.54, 1.807) is 24.3 Å². The van der Waals surface area contributed by atoms with Crippen LogP contribution in [0.3, 0.4) is 0 Å². The molecule has 174 valence electrons. The van der Waals surface area contributed by atoms with Gasteiger partial charge in [-0.25, -0.2) is 13.8 Å². The third-order valence-electron chi connectivity index (χ3n) is 6.16. The fourth-order valence-corrected chi connectivity index (χ4v) is 5.39. The Labute approximate surface area is 200 Å². The number of aromatic nitrogens is 1. The molecular weight excluding hydrogens is 454 g/mol. The summed E-state index contributed by atoms with van der Waals surface area (Å²) in [6, 6.07) is 16.2. The molecule has 0 N–H and O–H groups in total. The van der Waals surface area contributed by atoms with Crippen LogP contribution in [-0.4, -0.2) is 28.4 Å². The van der Waals surface area contributed by atoms with Gasteiger partial charge in [0.25, 0.3) is 5.91 Å². The van der Waals surface area contributed by atoms with Crippen LogP contribution in [0.25, 0.3) is 21.8 Å². The van der Waals surface area contributed by atoms with Crippen LogP contribution in [0.1, 0.15) is 40.5 Å². The van der Waals surface area contributed by atoms with Crippen molar-refractivity contribution in [2.75, 3.05) is 6.54 Å². The van der Waals surface area contributed by atoms with Crippen LogP contribution in [0, 0.1) is 18.6 Å². The van der Waals surface area contributed by atoms with Crippen LogP contribution in [-0.2, 0) is 6.42 Å². The third kappa shape index (κ3) is 4.66. The molecule has 1 fully saturated rings. The first-order valence-electron chi connectivity index (χ1n) is 11.4. The number of carbonyl (C=O) groups excluding carboxylic acids is 1. The van der Waals surface area contributed by atoms with Gasteiger partial charge in [-0.1, -0.05) is 12.1 Å². The first-order chi connectivity index (χ1) is 16.5. The second-order valence-corrected chi connectivity index (χ2v) is 9.75. The molecule has 1 aliphatic heterocycles. The molecule has 4 nitrogen and oxygen atoms in total. The second kappa shape index (κ2) is 9.50. The summed E-state index contributed by atoms with van der Waals surface area (Å²) in [5, 5.41) is 0.797. The van der Waals surface area contributed by atoms with Crippen molar-refractivity contribution in [1.82, 2.24) is 9.88 Å². The summed E-state index contributed by atoms with van der Waals surface area (Å²) in [7, 11) is 0. The van der Waals surface area contributed by atoms with Crippen molar-refractivity contribution in [2.45, 2.75) is 38.6 Å². The monoisotopic (exact) mass is 478 g/mol. The molecule has 3 heterocycles. The van der Waals surface area contributed by atoms with Crippen molar-refractivity contribution in [3.05, 3.63) is 88.8 Å². The maximum absolute atomic E-state index is 13.7. The highest BCUT2D eigenvalue weighted by Gasteiger charge is 2.31. The number of rotatable bonds is 5. The van der Waals surface area contributed by atoms with Crippen LogP contribution in [0.5, 0.6) is 0 Å². The number of thiazole rings is 1. The van der Waals surface area contributed by atoms with E-state index in [4.69, 9.17) is 4.42 Å². The van der Waals surface area contributed by atoms with Crippen LogP contribution < -0.4 is 0 Å². The van der Waals surface area contributed by atoms with Crippen LogP contribution in [0.15, 0.2) is 65.1 Å². The highest BCUT2D eigenvalue weighted by atomic mass is 32.1. The van der Waals surface area contributed by atoms with Gasteiger partial charge in [-0.3, -0.25) is 4.79 Å². The van der Waals surface area contributed by atoms with Crippen molar-refractivity contribution in [2.24, 2.45) is 0 Å². The number of halogens is 2. The molecule has 2 aromatic carbocycles. The molecule has 0 saturated carbocycles. The first-order valence-corrected chi connectivity index (χ1v) is 12.2. The summed E-state index contributed by atoms with van der Waals surface area (Å²) >= 11 is 1.45. The fraction of sp³-hybridized carbons (Fsp3) is 0.259. The number of hydrogen-bond donors (Lipinski definition) is 0. The summed E-state index contributed by atoms with van der Waals surface area (Å²) in [5.41, 5.74) is 2.03. The third-order valence-corrected chi connectivity index (χ3v) is 7.18. The molecule has 1 saturated heterocycles. The van der Waals surface area contributed by atoms with E-state index >= 15 is 0 Å². The number of piperidine rings is 1. The van der Waals surface area contributed by atoms with Crippen molar-refractivity contribution in [3.63, 3.8) is 0 Å². The van der Waals surface area contributed by atoms with E-state index in [2.05, 4.69) is 4.98 Å². The van der Waals surface area contributed by atoms with Gasteiger partial charge in [-0.05, 0) is 80.3 Å². The number of hydrogen-bond acceptors (Lipinski definition) is 4. The molecular formula is C27H24F2N2O2S. The molecule has 34 heavy (non-hydrogen) atoms. The van der Waals surface area contributed by atoms with Crippen LogP contribution >= 0.6 is 11.3 Å². The Morgan fingerprint density at radius 1 is 1.00 bits per heavy atom. The molecule has 4 aromatic rings. The molecule has 1 amide bonds. The summed E-state index contributed by atoms with van der Waals surface area (Å²) in [6.45, 7) is 2.54. The molecule has 5 rings (SSSR count). The zero-order chi connectivity index (χ0) is 23.7. The van der Waals surface area contributed by atoms with Crippen molar-refractivity contribution in [1.29, 1.82) is 0 Å². The lowest BCUT2D eigenvalue weighted by atomic mass is 9.97. The Bertz CT molecular complexity index is 1300. The van der Waals surface area contributed by atoms with Crippen molar-refractivity contribution in [3.8, 4) is 21.8 Å². The molecule has 2 aromatic heterocycles. The lowest BCUT2D eigenvalue weighted by Crippen LogP contribution is -2.45. The van der Waals surface area contributed by atoms with E-state index in [0.29, 0.717) is 24.4 Å². The topological polar surface area (TPSA) is 46.3 Å². The number of furan rings is 1. The van der Waals surface area contributed by atoms with Crippen molar-refractivity contribution < 1.29 is 18.0 Å². The number of benzene rings is 2. The van der Waals surface area contributed by atoms with E-state index in [1.165, 1.54) is 35.6 Å². The summed E-state index contributed by atoms with van der Waals surface area (Å²) in [6.07, 6.45) is 3.46. The van der Waals surface area contributed by atoms with E-state index in [1.807, 2.05) is 24.0 Å². The van der Waals surface area contributed by atoms with Gasteiger partial charge in [0.2, 0.25) is 0 Å². The Morgan fingerprint density at radius 2 is 1.68 bits per heavy atom. The van der Waals surface area contributed by atoms with Gasteiger partial charge in [0.1, 0.15) is 28.8 Å². The Balaban J connectivity index is 1.38. The molecule has 0 unspecified atom stereocenters. The predicted molar refractivity (Wildman–Crippen MR) is 129 cm³/mol. The van der Waals surface area contributed by atoms with Gasteiger partial charge in [-0.2, -0.15) is 0 Å². The van der Waals surface area contributed by atoms with E-state index in [9.17, 15) is 13.6 Å². The minimum absolute atomic E-state index is 0.00320. The van der Waals surface area contributed by atoms with Gasteiger partial charge in [0, 0.05) is 24.6 Å². The Kier molecular flexibility index (Phi) is 6.28. The Hall–Kier alpha value is -3.32. The predicted octanol–water partition coefficient (Wildman–Crippen LogP) is 6.89. The molecule has 0 radical (unpaired) electrons. The Morgan fingerprint density at radius 3 is 2.38 bits per heavy atom. The van der Waals surface area contributed by atoms with Gasteiger partial charge in [0.15, 0.2) is 0 Å². The fourth-order valence-electron chi connectivity index (χ4n) is 4.47. The molecule has 0 spiro atoms. The maximum atomic E-state index is 13.7. The van der Waals surface area contributed by atoms with E-state index in [0.717, 1.165) is 46.0 Å². The number of aryl methyl sites for hydroxylation is 1. The number of amides is 1. The van der Waals surface area contributed by atoms with Gasteiger partial charge in [0.05, 0.1) is 9.88 Å². The smallest absolute Gasteiger partial charge is 0.274 e. The quantitative estimate of drug-likeness (QED) is 0.314. The van der Waals surface area contributed by atoms with Gasteiger partial charge >= 0.3 is 0 Å². The lowest BCUT2D eigenvalue weighted by molar-refractivity contribution is 0.0603. The largest absolute Gasteiger partial charge is 0.461 e. The van der Waals surface area contributed by atoms with Gasteiger partial charge < -0.3 is 9.32 Å². The van der Waals surface area contributed by atoms with E-state index < -0.39 is 0 Å². The van der Waals surface area contributed by atoms with Crippen molar-refractivity contribution >= 4 is 17.2 Å². The zero-order valence-electron chi connectivity index (χ0n) is 18.8.